The van der Waals surface area contributed by atoms with Crippen molar-refractivity contribution in [1.82, 2.24) is 0 Å². The van der Waals surface area contributed by atoms with E-state index in [1.807, 2.05) is 0 Å². The molecule has 1 aliphatic rings. The summed E-state index contributed by atoms with van der Waals surface area (Å²) in [7, 11) is 0. The summed E-state index contributed by atoms with van der Waals surface area (Å²) in [6, 6.07) is 0. The highest BCUT2D eigenvalue weighted by Gasteiger charge is 2.42. The highest BCUT2D eigenvalue weighted by Crippen LogP contribution is 2.38. The lowest BCUT2D eigenvalue weighted by Crippen LogP contribution is -2.34. The third kappa shape index (κ3) is 2.59. The van der Waals surface area contributed by atoms with Crippen LogP contribution < -0.4 is 0 Å². The summed E-state index contributed by atoms with van der Waals surface area (Å²) in [4.78, 5) is 0. The summed E-state index contributed by atoms with van der Waals surface area (Å²) in [6.07, 6.45) is -11.4. The predicted molar refractivity (Wildman–Crippen MR) is 51.7 cm³/mol. The maximum absolute atomic E-state index is 12.9. The van der Waals surface area contributed by atoms with Gasteiger partial charge in [-0.2, -0.15) is 13.2 Å². The Kier molecular flexibility index (Phi) is 1.72. The summed E-state index contributed by atoms with van der Waals surface area (Å²) in [5.74, 6) is -3.68. The Morgan fingerprint density at radius 3 is 2.77 bits per heavy atom. The van der Waals surface area contributed by atoms with Crippen LogP contribution in [0.25, 0.3) is 0 Å². The van der Waals surface area contributed by atoms with E-state index in [9.17, 15) is 18.3 Å². The van der Waals surface area contributed by atoms with Crippen LogP contribution in [0.4, 0.5) is 13.2 Å². The molecular weight excluding hydrogens is 296 g/mol. The molecule has 0 fully saturated rings. The lowest BCUT2D eigenvalue weighted by molar-refractivity contribution is -0.164. The van der Waals surface area contributed by atoms with E-state index in [1.165, 1.54) is 0 Å². The molecule has 13 heavy (non-hydrogen) atoms. The number of hydrogen-bond donors (Lipinski definition) is 1. The number of alkyl halides is 4. The van der Waals surface area contributed by atoms with Crippen LogP contribution >= 0.6 is 22.6 Å². The molecule has 0 saturated carbocycles. The van der Waals surface area contributed by atoms with Crippen molar-refractivity contribution in [3.05, 3.63) is 11.6 Å². The van der Waals surface area contributed by atoms with Crippen LogP contribution in [0.2, 0.25) is 0 Å². The molecule has 3 atom stereocenters. The Hall–Kier alpha value is 0.220. The lowest BCUT2D eigenvalue weighted by Gasteiger charge is -2.29. The van der Waals surface area contributed by atoms with Crippen molar-refractivity contribution >= 4 is 22.6 Å². The van der Waals surface area contributed by atoms with Gasteiger partial charge >= 0.3 is 6.18 Å². The molecule has 0 heterocycles. The molecule has 1 rings (SSSR count). The minimum Gasteiger partial charge on any atom is -0.388 e. The lowest BCUT2D eigenvalue weighted by atomic mass is 9.89. The SMILES string of the molecule is [2H]C1(O)C(C)=CC([2H])(C(F)(F)F)C([2H])([2H])C1([2H])I. The van der Waals surface area contributed by atoms with E-state index >= 15 is 0 Å². The van der Waals surface area contributed by atoms with E-state index in [4.69, 9.17) is 6.85 Å². The fraction of sp³-hybridized carbons (Fsp3) is 0.750. The van der Waals surface area contributed by atoms with E-state index in [1.54, 1.807) is 0 Å². The monoisotopic (exact) mass is 311 g/mol. The summed E-state index contributed by atoms with van der Waals surface area (Å²) < 4.78 is 73.1. The molecule has 76 valence electrons. The van der Waals surface area contributed by atoms with Crippen LogP contribution in [0, 0.1) is 5.89 Å². The molecule has 0 aliphatic heterocycles. The maximum atomic E-state index is 12.9. The smallest absolute Gasteiger partial charge is 0.388 e. The molecule has 5 heteroatoms. The molecule has 0 aromatic rings. The zero-order valence-electron chi connectivity index (χ0n) is 11.5. The first kappa shape index (κ1) is 5.95. The van der Waals surface area contributed by atoms with Gasteiger partial charge in [-0.15, -0.1) is 0 Å². The van der Waals surface area contributed by atoms with Crippen molar-refractivity contribution in [2.24, 2.45) is 5.89 Å². The molecule has 1 nitrogen and oxygen atoms in total. The van der Waals surface area contributed by atoms with Crippen molar-refractivity contribution in [1.29, 1.82) is 0 Å². The van der Waals surface area contributed by atoms with Crippen LogP contribution in [0.3, 0.4) is 0 Å². The average molecular weight is 311 g/mol. The molecule has 0 amide bonds. The normalized spacial score (nSPS) is 62.3. The zero-order chi connectivity index (χ0) is 14.8. The zero-order valence-corrected chi connectivity index (χ0v) is 8.69. The van der Waals surface area contributed by atoms with Gasteiger partial charge in [-0.25, -0.2) is 0 Å². The minimum absolute atomic E-state index is 0.172. The van der Waals surface area contributed by atoms with Crippen molar-refractivity contribution in [2.75, 3.05) is 0 Å². The van der Waals surface area contributed by atoms with Gasteiger partial charge in [0.2, 0.25) is 0 Å². The van der Waals surface area contributed by atoms with Gasteiger partial charge in [0.15, 0.2) is 0 Å². The standard InChI is InChI=1S/C8H10F3IO/c1-4-2-5(8(9,10)11)3-6(12)7(4)13/h2,5-7,13H,3H2,1H3/i3D2,5D,6D,7D. The molecule has 1 aliphatic carbocycles. The Bertz CT molecular complexity index is 406. The van der Waals surface area contributed by atoms with Gasteiger partial charge in [0.1, 0.15) is 0 Å². The summed E-state index contributed by atoms with van der Waals surface area (Å²) >= 11 is 0.950. The molecule has 0 bridgehead atoms. The van der Waals surface area contributed by atoms with E-state index in [2.05, 4.69) is 0 Å². The van der Waals surface area contributed by atoms with Crippen LogP contribution in [-0.2, 0) is 0 Å². The van der Waals surface area contributed by atoms with Crippen LogP contribution in [0.5, 0.6) is 0 Å². The third-order valence-electron chi connectivity index (χ3n) is 1.49. The molecule has 3 unspecified atom stereocenters. The minimum atomic E-state index is -5.26. The summed E-state index contributed by atoms with van der Waals surface area (Å²) in [6.45, 7) is 0.971. The number of allylic oxidation sites excluding steroid dienone is 1. The second kappa shape index (κ2) is 3.76. The molecular formula is C8H10F3IO. The van der Waals surface area contributed by atoms with Gasteiger partial charge in [-0.05, 0) is 18.9 Å². The van der Waals surface area contributed by atoms with Crippen LogP contribution in [0.1, 0.15) is 20.2 Å². The first-order chi connectivity index (χ1) is 7.63. The quantitative estimate of drug-likeness (QED) is 0.414. The Labute approximate surface area is 95.2 Å². The number of halogens is 4. The maximum Gasteiger partial charge on any atom is 0.395 e. The predicted octanol–water partition coefficient (Wildman–Crippen LogP) is 2.68. The van der Waals surface area contributed by atoms with Crippen molar-refractivity contribution in [3.8, 4) is 0 Å². The van der Waals surface area contributed by atoms with Gasteiger partial charge in [0, 0.05) is 9.38 Å². The molecule has 0 saturated heterocycles. The first-order valence-electron chi connectivity index (χ1n) is 5.81. The van der Waals surface area contributed by atoms with E-state index in [0.29, 0.717) is 0 Å². The van der Waals surface area contributed by atoms with Gasteiger partial charge in [-0.3, -0.25) is 0 Å². The molecule has 0 radical (unpaired) electrons. The average Bonchev–Trinajstić information content (AvgIpc) is 2.12. The summed E-state index contributed by atoms with van der Waals surface area (Å²) in [5, 5.41) is 9.72. The van der Waals surface area contributed by atoms with Crippen molar-refractivity contribution < 1.29 is 25.1 Å². The largest absolute Gasteiger partial charge is 0.395 e. The van der Waals surface area contributed by atoms with Crippen molar-refractivity contribution in [3.63, 3.8) is 0 Å². The van der Waals surface area contributed by atoms with E-state index in [-0.39, 0.29) is 6.08 Å². The topological polar surface area (TPSA) is 20.2 Å². The van der Waals surface area contributed by atoms with Gasteiger partial charge in [0.05, 0.1) is 13.3 Å². The second-order valence-electron chi connectivity index (χ2n) is 2.53. The number of rotatable bonds is 0. The van der Waals surface area contributed by atoms with Gasteiger partial charge in [-0.1, -0.05) is 28.7 Å². The van der Waals surface area contributed by atoms with Crippen molar-refractivity contribution in [2.45, 2.75) is 29.5 Å². The molecule has 0 aromatic heterocycles. The van der Waals surface area contributed by atoms with E-state index < -0.39 is 34.0 Å². The van der Waals surface area contributed by atoms with E-state index in [0.717, 1.165) is 29.5 Å². The molecule has 0 aromatic carbocycles. The fourth-order valence-electron chi connectivity index (χ4n) is 0.824. The highest BCUT2D eigenvalue weighted by atomic mass is 127. The Balaban J connectivity index is 3.66. The third-order valence-corrected chi connectivity index (χ3v) is 2.27. The van der Waals surface area contributed by atoms with Gasteiger partial charge in [0.25, 0.3) is 0 Å². The first-order valence-corrected chi connectivity index (χ1v) is 4.39. The number of aliphatic hydroxyl groups is 1. The summed E-state index contributed by atoms with van der Waals surface area (Å²) in [5.41, 5.74) is -0.575. The fourth-order valence-corrected chi connectivity index (χ4v) is 1.54. The van der Waals surface area contributed by atoms with Crippen LogP contribution in [0.15, 0.2) is 11.6 Å². The second-order valence-corrected chi connectivity index (χ2v) is 3.61. The van der Waals surface area contributed by atoms with Crippen LogP contribution in [-0.4, -0.2) is 21.3 Å². The molecule has 1 N–H and O–H groups in total. The Morgan fingerprint density at radius 2 is 2.31 bits per heavy atom. The van der Waals surface area contributed by atoms with Gasteiger partial charge < -0.3 is 5.11 Å². The molecule has 0 spiro atoms. The highest BCUT2D eigenvalue weighted by molar-refractivity contribution is 14.1. The Morgan fingerprint density at radius 1 is 1.77 bits per heavy atom. The number of hydrogen-bond acceptors (Lipinski definition) is 1.